The van der Waals surface area contributed by atoms with E-state index in [0.29, 0.717) is 29.4 Å². The zero-order valence-electron chi connectivity index (χ0n) is 19.3. The van der Waals surface area contributed by atoms with Crippen molar-refractivity contribution < 1.29 is 14.7 Å². The number of anilines is 1. The number of nitrogens with zero attached hydrogens (tertiary/aromatic N) is 3. The van der Waals surface area contributed by atoms with Gasteiger partial charge in [0.15, 0.2) is 0 Å². The predicted octanol–water partition coefficient (Wildman–Crippen LogP) is 4.00. The van der Waals surface area contributed by atoms with Crippen molar-refractivity contribution in [3.63, 3.8) is 0 Å². The van der Waals surface area contributed by atoms with Crippen LogP contribution in [0.1, 0.15) is 30.5 Å². The van der Waals surface area contributed by atoms with Crippen LogP contribution >= 0.6 is 11.6 Å². The van der Waals surface area contributed by atoms with Crippen molar-refractivity contribution in [2.75, 3.05) is 37.6 Å². The minimum Gasteiger partial charge on any atom is -0.309 e. The van der Waals surface area contributed by atoms with Gasteiger partial charge in [0.05, 0.1) is 16.9 Å². The number of rotatable bonds is 6. The lowest BCUT2D eigenvalue weighted by atomic mass is 9.99. The van der Waals surface area contributed by atoms with E-state index in [2.05, 4.69) is 9.89 Å². The maximum absolute atomic E-state index is 15.0. The Morgan fingerprint density at radius 2 is 2.00 bits per heavy atom. The molecule has 0 unspecified atom stereocenters. The lowest BCUT2D eigenvalue weighted by Gasteiger charge is -2.27. The Morgan fingerprint density at radius 3 is 2.74 bits per heavy atom. The largest absolute Gasteiger partial charge is 0.309 e. The third-order valence-electron chi connectivity index (χ3n) is 4.59. The number of carbonyl (C=O) groups excluding carboxylic acids is 1. The second-order valence-electron chi connectivity index (χ2n) is 6.09. The van der Waals surface area contributed by atoms with Crippen LogP contribution in [-0.4, -0.2) is 49.2 Å². The summed E-state index contributed by atoms with van der Waals surface area (Å²) in [5.41, 5.74) is 0.444. The topological polar surface area (TPSA) is 35.9 Å². The van der Waals surface area contributed by atoms with Gasteiger partial charge in [0.1, 0.15) is 12.4 Å². The highest BCUT2D eigenvalue weighted by molar-refractivity contribution is 6.32. The molecule has 0 bridgehead atoms. The van der Waals surface area contributed by atoms with Crippen molar-refractivity contribution in [2.45, 2.75) is 13.8 Å². The van der Waals surface area contributed by atoms with Gasteiger partial charge in [0.25, 0.3) is 0 Å². The van der Waals surface area contributed by atoms with Crippen molar-refractivity contribution in [1.29, 1.82) is 0 Å². The van der Waals surface area contributed by atoms with E-state index in [-0.39, 0.29) is 23.7 Å². The molecule has 0 spiro atoms. The van der Waals surface area contributed by atoms with Crippen LogP contribution in [0.4, 0.5) is 10.1 Å². The van der Waals surface area contributed by atoms with Gasteiger partial charge in [-0.1, -0.05) is 37.5 Å². The molecule has 0 atom stereocenters. The summed E-state index contributed by atoms with van der Waals surface area (Å²) >= 11 is 6.20. The second kappa shape index (κ2) is 8.63. The molecule has 0 aliphatic carbocycles. The van der Waals surface area contributed by atoms with Crippen molar-refractivity contribution in [1.82, 2.24) is 4.90 Å². The summed E-state index contributed by atoms with van der Waals surface area (Å²) in [4.78, 5) is 20.9. The Morgan fingerprint density at radius 1 is 1.26 bits per heavy atom. The first-order valence-electron chi connectivity index (χ1n) is 10.8. The third kappa shape index (κ3) is 4.20. The molecule has 0 radical (unpaired) electrons. The third-order valence-corrected chi connectivity index (χ3v) is 4.83. The van der Waals surface area contributed by atoms with Crippen LogP contribution in [0.5, 0.6) is 0 Å². The highest BCUT2D eigenvalue weighted by atomic mass is 35.5. The van der Waals surface area contributed by atoms with E-state index in [1.807, 2.05) is 13.8 Å². The molecule has 0 saturated carbocycles. The molecular weight excluding hydrogens is 365 g/mol. The molecule has 142 valence electrons. The van der Waals surface area contributed by atoms with Crippen molar-refractivity contribution in [2.24, 2.45) is 4.99 Å². The van der Waals surface area contributed by atoms with Gasteiger partial charge in [0.2, 0.25) is 5.91 Å². The molecule has 4 nitrogen and oxygen atoms in total. The first-order chi connectivity index (χ1) is 14.7. The van der Waals surface area contributed by atoms with Gasteiger partial charge in [-0.2, -0.15) is 0 Å². The lowest BCUT2D eigenvalue weighted by Crippen LogP contribution is -2.39. The molecule has 1 heterocycles. The molecule has 1 aliphatic rings. The van der Waals surface area contributed by atoms with Gasteiger partial charge < -0.3 is 9.80 Å². The van der Waals surface area contributed by atoms with Crippen LogP contribution in [-0.2, 0) is 4.79 Å². The van der Waals surface area contributed by atoms with Crippen LogP contribution in [0.15, 0.2) is 47.4 Å². The van der Waals surface area contributed by atoms with Crippen LogP contribution in [0, 0.1) is 5.82 Å². The smallest absolute Gasteiger partial charge is 0.248 e. The maximum Gasteiger partial charge on any atom is 0.248 e. The summed E-state index contributed by atoms with van der Waals surface area (Å²) in [7, 11) is 0. The summed E-state index contributed by atoms with van der Waals surface area (Å²) in [6.07, 6.45) is 0. The van der Waals surface area contributed by atoms with E-state index in [1.54, 1.807) is 23.1 Å². The normalized spacial score (nSPS) is 16.3. The van der Waals surface area contributed by atoms with Crippen molar-refractivity contribution in [3.05, 3.63) is 64.3 Å². The lowest BCUT2D eigenvalue weighted by molar-refractivity contribution is -0.117. The van der Waals surface area contributed by atoms with E-state index in [4.69, 9.17) is 17.1 Å². The Hall–Kier alpha value is -2.24. The van der Waals surface area contributed by atoms with Gasteiger partial charge in [-0.15, -0.1) is 0 Å². The number of benzene rings is 2. The van der Waals surface area contributed by atoms with Gasteiger partial charge in [0, 0.05) is 29.2 Å². The number of fused-ring (bicyclic) bond motifs is 1. The first kappa shape index (κ1) is 14.8. The molecule has 0 aromatic heterocycles. The summed E-state index contributed by atoms with van der Waals surface area (Å²) < 4.78 is 46.7. The number of hydrogen-bond donors (Lipinski definition) is 0. The molecule has 1 aliphatic heterocycles. The van der Waals surface area contributed by atoms with E-state index in [1.165, 1.54) is 0 Å². The van der Waals surface area contributed by atoms with E-state index >= 15 is 4.39 Å². The minimum absolute atomic E-state index is 0.0133. The summed E-state index contributed by atoms with van der Waals surface area (Å²) in [6, 6.07) is 2.26. The molecule has 2 aromatic carbocycles. The zero-order valence-corrected chi connectivity index (χ0v) is 16.0. The molecule has 0 saturated heterocycles. The van der Waals surface area contributed by atoms with Gasteiger partial charge in [-0.05, 0) is 43.4 Å². The van der Waals surface area contributed by atoms with Gasteiger partial charge in [-0.3, -0.25) is 9.79 Å². The average Bonchev–Trinajstić information content (AvgIpc) is 2.88. The standard InChI is InChI=1S/C21H23ClFN3O/c1-3-25(4-2)11-12-26-19-10-9-15(22)13-17(19)21(24-14-20(26)27)16-7-5-6-8-18(16)23/h5-10,13H,3-4,11-12,14H2,1-2H3/i5D,6D,7D,8D. The fourth-order valence-electron chi connectivity index (χ4n) is 3.09. The SMILES string of the molecule is [2H]c1c([2H])c([2H])c(C2=NCC(=O)N(CCN(CC)CC)c3ccc(Cl)cc32)c(F)c1[2H]. The van der Waals surface area contributed by atoms with E-state index in [0.717, 1.165) is 13.1 Å². The number of aliphatic imine (C=N–C) groups is 1. The number of amides is 1. The quantitative estimate of drug-likeness (QED) is 0.746. The molecule has 0 fully saturated rings. The maximum atomic E-state index is 15.0. The summed E-state index contributed by atoms with van der Waals surface area (Å²) in [6.45, 7) is 6.49. The molecule has 3 rings (SSSR count). The fraction of sp³-hybridized carbons (Fsp3) is 0.333. The van der Waals surface area contributed by atoms with Crippen LogP contribution in [0.2, 0.25) is 5.02 Å². The van der Waals surface area contributed by atoms with Crippen molar-refractivity contribution in [3.8, 4) is 0 Å². The molecule has 2 aromatic rings. The molecule has 0 N–H and O–H groups in total. The second-order valence-corrected chi connectivity index (χ2v) is 6.52. The highest BCUT2D eigenvalue weighted by Crippen LogP contribution is 2.30. The van der Waals surface area contributed by atoms with Crippen LogP contribution < -0.4 is 4.90 Å². The van der Waals surface area contributed by atoms with Crippen molar-refractivity contribution >= 4 is 28.9 Å². The fourth-order valence-corrected chi connectivity index (χ4v) is 3.26. The Balaban J connectivity index is 2.17. The summed E-state index contributed by atoms with van der Waals surface area (Å²) in [5, 5.41) is 0.339. The number of benzodiazepines with no additional fused rings is 1. The minimum atomic E-state index is -1.11. The number of likely N-dealkylation sites (N-methyl/N-ethyl adjacent to an activating group) is 1. The number of halogens is 2. The zero-order chi connectivity index (χ0) is 22.9. The number of carbonyl (C=O) groups is 1. The Bertz CT molecular complexity index is 1030. The molecule has 27 heavy (non-hydrogen) atoms. The molecule has 6 heteroatoms. The van der Waals surface area contributed by atoms with E-state index < -0.39 is 30.0 Å². The number of hydrogen-bond acceptors (Lipinski definition) is 3. The van der Waals surface area contributed by atoms with Gasteiger partial charge >= 0.3 is 0 Å². The molecule has 1 amide bonds. The summed E-state index contributed by atoms with van der Waals surface area (Å²) in [5.74, 6) is -1.40. The Kier molecular flexibility index (Phi) is 4.72. The first-order valence-corrected chi connectivity index (χ1v) is 9.22. The Labute approximate surface area is 169 Å². The average molecular weight is 392 g/mol. The monoisotopic (exact) mass is 391 g/mol. The highest BCUT2D eigenvalue weighted by Gasteiger charge is 2.26. The van der Waals surface area contributed by atoms with E-state index in [9.17, 15) is 4.79 Å². The van der Waals surface area contributed by atoms with Crippen LogP contribution in [0.25, 0.3) is 0 Å². The van der Waals surface area contributed by atoms with Gasteiger partial charge in [-0.25, -0.2) is 4.39 Å². The van der Waals surface area contributed by atoms with Crippen LogP contribution in [0.3, 0.4) is 0 Å². The predicted molar refractivity (Wildman–Crippen MR) is 108 cm³/mol. The molecular formula is C21H23ClFN3O.